The van der Waals surface area contributed by atoms with Crippen LogP contribution in [0.4, 0.5) is 0 Å². The summed E-state index contributed by atoms with van der Waals surface area (Å²) in [5.74, 6) is 0.0692. The van der Waals surface area contributed by atoms with Crippen LogP contribution in [0.5, 0.6) is 5.75 Å². The van der Waals surface area contributed by atoms with Gasteiger partial charge in [-0.3, -0.25) is 4.79 Å². The lowest BCUT2D eigenvalue weighted by atomic mass is 9.84. The Labute approximate surface area is 211 Å². The van der Waals surface area contributed by atoms with Crippen molar-refractivity contribution in [2.45, 2.75) is 62.5 Å². The van der Waals surface area contributed by atoms with Crippen LogP contribution in [0.25, 0.3) is 0 Å². The highest BCUT2D eigenvalue weighted by atomic mass is 35.5. The summed E-state index contributed by atoms with van der Waals surface area (Å²) in [6.45, 7) is 3.77. The number of ether oxygens (including phenoxy) is 1. The molecule has 184 valence electrons. The maximum atomic E-state index is 12.7. The Balaban J connectivity index is 1.23. The Kier molecular flexibility index (Phi) is 8.08. The molecule has 0 spiro atoms. The van der Waals surface area contributed by atoms with Crippen molar-refractivity contribution in [3.05, 3.63) is 58.1 Å². The lowest BCUT2D eigenvalue weighted by molar-refractivity contribution is -0.124. The van der Waals surface area contributed by atoms with Gasteiger partial charge in [0.25, 0.3) is 10.0 Å². The number of piperidine rings is 1. The van der Waals surface area contributed by atoms with Crippen LogP contribution in [0.3, 0.4) is 0 Å². The van der Waals surface area contributed by atoms with Crippen LogP contribution in [0.15, 0.2) is 47.4 Å². The zero-order chi connectivity index (χ0) is 24.3. The summed E-state index contributed by atoms with van der Waals surface area (Å²) >= 11 is 12.1. The maximum absolute atomic E-state index is 12.7. The predicted octanol–water partition coefficient (Wildman–Crippen LogP) is 5.21. The van der Waals surface area contributed by atoms with Crippen LogP contribution >= 0.6 is 23.2 Å². The lowest BCUT2D eigenvalue weighted by Gasteiger charge is -2.40. The summed E-state index contributed by atoms with van der Waals surface area (Å²) in [6.07, 6.45) is 5.16. The molecule has 0 unspecified atom stereocenters. The van der Waals surface area contributed by atoms with Crippen LogP contribution in [0.1, 0.15) is 44.1 Å². The number of sulfonamides is 1. The third-order valence-electron chi connectivity index (χ3n) is 6.82. The minimum atomic E-state index is -3.84. The number of amides is 1. The van der Waals surface area contributed by atoms with E-state index in [-0.39, 0.29) is 16.9 Å². The quantitative estimate of drug-likeness (QED) is 0.561. The number of aryl methyl sites for hydroxylation is 1. The Morgan fingerprint density at radius 2 is 1.59 bits per heavy atom. The third kappa shape index (κ3) is 6.25. The number of hydrogen-bond donors (Lipinski definition) is 1. The van der Waals surface area contributed by atoms with Crippen LogP contribution in [0, 0.1) is 12.8 Å². The summed E-state index contributed by atoms with van der Waals surface area (Å²) in [4.78, 5) is 15.3. The number of carbonyl (C=O) groups is 1. The first kappa shape index (κ1) is 25.3. The maximum Gasteiger partial charge on any atom is 0.264 e. The molecule has 1 aliphatic carbocycles. The number of nitrogens with zero attached hydrogens (tertiary/aromatic N) is 1. The standard InChI is InChI=1S/C25H30Cl2N2O4S/c1-17-2-9-22(10-3-17)34(31,32)28-25(30)18-4-6-19(7-5-18)29-14-12-20(13-15-29)33-21-8-11-23(26)24(27)16-21/h2-3,8-11,16,18-20H,4-7,12-15H2,1H3,(H,28,30)/t18-,19-. The second kappa shape index (κ2) is 10.9. The summed E-state index contributed by atoms with van der Waals surface area (Å²) in [5.41, 5.74) is 0.966. The van der Waals surface area contributed by atoms with Gasteiger partial charge >= 0.3 is 0 Å². The van der Waals surface area contributed by atoms with Crippen LogP contribution in [0.2, 0.25) is 10.0 Å². The van der Waals surface area contributed by atoms with E-state index in [9.17, 15) is 13.2 Å². The van der Waals surface area contributed by atoms with E-state index in [0.717, 1.165) is 50.1 Å². The first-order valence-electron chi connectivity index (χ1n) is 11.7. The van der Waals surface area contributed by atoms with Gasteiger partial charge in [-0.1, -0.05) is 40.9 Å². The van der Waals surface area contributed by atoms with Gasteiger partial charge in [0.2, 0.25) is 5.91 Å². The molecule has 0 aromatic heterocycles. The summed E-state index contributed by atoms with van der Waals surface area (Å²) in [7, 11) is -3.84. The fourth-order valence-electron chi connectivity index (χ4n) is 4.80. The molecular formula is C25H30Cl2N2O4S. The Bertz CT molecular complexity index is 1110. The van der Waals surface area contributed by atoms with Crippen molar-refractivity contribution < 1.29 is 17.9 Å². The average Bonchev–Trinajstić information content (AvgIpc) is 2.82. The molecule has 0 atom stereocenters. The number of benzene rings is 2. The van der Waals surface area contributed by atoms with E-state index in [4.69, 9.17) is 27.9 Å². The second-order valence-electron chi connectivity index (χ2n) is 9.22. The van der Waals surface area contributed by atoms with E-state index in [1.165, 1.54) is 12.1 Å². The summed E-state index contributed by atoms with van der Waals surface area (Å²) in [5, 5.41) is 1.00. The van der Waals surface area contributed by atoms with Crippen LogP contribution in [-0.2, 0) is 14.8 Å². The first-order valence-corrected chi connectivity index (χ1v) is 13.9. The molecule has 0 bridgehead atoms. The molecule has 2 aliphatic rings. The monoisotopic (exact) mass is 524 g/mol. The van der Waals surface area contributed by atoms with Gasteiger partial charge in [-0.2, -0.15) is 0 Å². The fourth-order valence-corrected chi connectivity index (χ4v) is 6.13. The predicted molar refractivity (Wildman–Crippen MR) is 134 cm³/mol. The first-order chi connectivity index (χ1) is 16.2. The molecule has 1 amide bonds. The smallest absolute Gasteiger partial charge is 0.264 e. The van der Waals surface area contributed by atoms with Gasteiger partial charge < -0.3 is 9.64 Å². The number of carbonyl (C=O) groups excluding carboxylic acids is 1. The van der Waals surface area contributed by atoms with Crippen molar-refractivity contribution in [3.63, 3.8) is 0 Å². The van der Waals surface area contributed by atoms with Crippen molar-refractivity contribution >= 4 is 39.1 Å². The second-order valence-corrected chi connectivity index (χ2v) is 11.7. The van der Waals surface area contributed by atoms with Gasteiger partial charge in [0, 0.05) is 31.1 Å². The zero-order valence-electron chi connectivity index (χ0n) is 19.2. The molecule has 2 fully saturated rings. The largest absolute Gasteiger partial charge is 0.490 e. The molecular weight excluding hydrogens is 495 g/mol. The van der Waals surface area contributed by atoms with Gasteiger partial charge in [-0.25, -0.2) is 13.1 Å². The van der Waals surface area contributed by atoms with Crippen molar-refractivity contribution in [1.29, 1.82) is 0 Å². The van der Waals surface area contributed by atoms with Crippen LogP contribution in [-0.4, -0.2) is 44.5 Å². The fraction of sp³-hybridized carbons (Fsp3) is 0.480. The van der Waals surface area contributed by atoms with E-state index >= 15 is 0 Å². The highest BCUT2D eigenvalue weighted by Gasteiger charge is 2.33. The molecule has 2 aromatic rings. The Morgan fingerprint density at radius 3 is 2.21 bits per heavy atom. The van der Waals surface area contributed by atoms with Gasteiger partial charge in [0.1, 0.15) is 11.9 Å². The van der Waals surface area contributed by atoms with Crippen molar-refractivity contribution in [3.8, 4) is 5.75 Å². The molecule has 9 heteroatoms. The molecule has 1 saturated carbocycles. The SMILES string of the molecule is Cc1ccc(S(=O)(=O)NC(=O)[C@H]2CC[C@H](N3CCC(Oc4ccc(Cl)c(Cl)c4)CC3)CC2)cc1. The summed E-state index contributed by atoms with van der Waals surface area (Å²) in [6, 6.07) is 12.3. The van der Waals surface area contributed by atoms with E-state index < -0.39 is 15.9 Å². The zero-order valence-corrected chi connectivity index (χ0v) is 21.5. The number of rotatable bonds is 6. The molecule has 34 heavy (non-hydrogen) atoms. The molecule has 2 aromatic carbocycles. The summed E-state index contributed by atoms with van der Waals surface area (Å²) < 4.78 is 33.4. The van der Waals surface area contributed by atoms with E-state index in [0.29, 0.717) is 28.9 Å². The highest BCUT2D eigenvalue weighted by Crippen LogP contribution is 2.32. The minimum absolute atomic E-state index is 0.117. The molecule has 4 rings (SSSR count). The normalized spacial score (nSPS) is 22.3. The average molecular weight is 525 g/mol. The van der Waals surface area contributed by atoms with E-state index in [1.807, 2.05) is 13.0 Å². The number of halogens is 2. The molecule has 1 heterocycles. The molecule has 6 nitrogen and oxygen atoms in total. The van der Waals surface area contributed by atoms with Gasteiger partial charge in [-0.05, 0) is 69.7 Å². The van der Waals surface area contributed by atoms with E-state index in [2.05, 4.69) is 9.62 Å². The minimum Gasteiger partial charge on any atom is -0.490 e. The van der Waals surface area contributed by atoms with Crippen molar-refractivity contribution in [1.82, 2.24) is 9.62 Å². The number of nitrogens with one attached hydrogen (secondary N) is 1. The third-order valence-corrected chi connectivity index (χ3v) is 8.92. The lowest BCUT2D eigenvalue weighted by Crippen LogP contribution is -2.46. The van der Waals surface area contributed by atoms with Crippen molar-refractivity contribution in [2.24, 2.45) is 5.92 Å². The topological polar surface area (TPSA) is 75.7 Å². The van der Waals surface area contributed by atoms with Crippen LogP contribution < -0.4 is 9.46 Å². The number of likely N-dealkylation sites (tertiary alicyclic amines) is 1. The van der Waals surface area contributed by atoms with E-state index in [1.54, 1.807) is 24.3 Å². The van der Waals surface area contributed by atoms with Gasteiger partial charge in [0.15, 0.2) is 0 Å². The molecule has 1 saturated heterocycles. The van der Waals surface area contributed by atoms with Crippen molar-refractivity contribution in [2.75, 3.05) is 13.1 Å². The molecule has 1 aliphatic heterocycles. The molecule has 1 N–H and O–H groups in total. The molecule has 0 radical (unpaired) electrons. The Morgan fingerprint density at radius 1 is 0.941 bits per heavy atom. The van der Waals surface area contributed by atoms with Gasteiger partial charge in [-0.15, -0.1) is 0 Å². The Hall–Kier alpha value is -1.80. The highest BCUT2D eigenvalue weighted by molar-refractivity contribution is 7.90. The van der Waals surface area contributed by atoms with Gasteiger partial charge in [0.05, 0.1) is 14.9 Å². The number of hydrogen-bond acceptors (Lipinski definition) is 5.